The Bertz CT molecular complexity index is 185. The predicted molar refractivity (Wildman–Crippen MR) is 29.6 cm³/mol. The van der Waals surface area contributed by atoms with Crippen LogP contribution in [0, 0.1) is 0 Å². The van der Waals surface area contributed by atoms with Gasteiger partial charge in [0, 0.05) is 4.91 Å². The Labute approximate surface area is 81.1 Å². The van der Waals surface area contributed by atoms with Gasteiger partial charge in [0.2, 0.25) is 0 Å². The first-order chi connectivity index (χ1) is 3.48. The van der Waals surface area contributed by atoms with Gasteiger partial charge in [0.25, 0.3) is 0 Å². The van der Waals surface area contributed by atoms with Gasteiger partial charge >= 0.3 is 29.6 Å². The third kappa shape index (κ3) is 5.39. The molecule has 0 spiro atoms. The summed E-state index contributed by atoms with van der Waals surface area (Å²) in [5.74, 6) is -0.328. The third-order valence-electron chi connectivity index (χ3n) is 0.503. The van der Waals surface area contributed by atoms with E-state index in [1.807, 2.05) is 0 Å². The van der Waals surface area contributed by atoms with Crippen LogP contribution < -0.4 is 29.6 Å². The second kappa shape index (κ2) is 4.71. The van der Waals surface area contributed by atoms with Crippen molar-refractivity contribution in [2.75, 3.05) is 5.88 Å². The molecular formula is C3H4ClNaO3S. The molecule has 0 N–H and O–H groups in total. The Hall–Kier alpha value is 0.940. The molecule has 0 bridgehead atoms. The predicted octanol–water partition coefficient (Wildman–Crippen LogP) is -2.71. The van der Waals surface area contributed by atoms with Crippen LogP contribution in [0.4, 0.5) is 0 Å². The molecule has 0 fully saturated rings. The molecule has 0 amide bonds. The smallest absolute Gasteiger partial charge is 0.744 e. The van der Waals surface area contributed by atoms with Crippen LogP contribution in [0.2, 0.25) is 0 Å². The van der Waals surface area contributed by atoms with Gasteiger partial charge in [-0.2, -0.15) is 0 Å². The van der Waals surface area contributed by atoms with Crippen LogP contribution in [-0.2, 0) is 10.1 Å². The van der Waals surface area contributed by atoms with Gasteiger partial charge in [-0.15, -0.1) is 11.6 Å². The van der Waals surface area contributed by atoms with Crippen molar-refractivity contribution in [2.45, 2.75) is 0 Å². The maximum Gasteiger partial charge on any atom is 1.00 e. The van der Waals surface area contributed by atoms with E-state index in [0.717, 1.165) is 0 Å². The minimum Gasteiger partial charge on any atom is -0.744 e. The molecule has 0 aliphatic carbocycles. The van der Waals surface area contributed by atoms with Crippen molar-refractivity contribution in [1.29, 1.82) is 0 Å². The summed E-state index contributed by atoms with van der Waals surface area (Å²) in [6.07, 6.45) is 0. The van der Waals surface area contributed by atoms with Crippen molar-refractivity contribution < 1.29 is 42.5 Å². The van der Waals surface area contributed by atoms with Gasteiger partial charge in [0.1, 0.15) is 10.1 Å². The number of hydrogen-bond donors (Lipinski definition) is 0. The minimum atomic E-state index is -4.33. The van der Waals surface area contributed by atoms with Crippen LogP contribution in [0.15, 0.2) is 11.5 Å². The fourth-order valence-corrected chi connectivity index (χ4v) is 0.601. The number of rotatable bonds is 2. The molecule has 0 aliphatic heterocycles. The third-order valence-corrected chi connectivity index (χ3v) is 1.84. The van der Waals surface area contributed by atoms with Gasteiger partial charge in [-0.3, -0.25) is 0 Å². The summed E-state index contributed by atoms with van der Waals surface area (Å²) >= 11 is 4.96. The monoisotopic (exact) mass is 178 g/mol. The Morgan fingerprint density at radius 2 is 2.00 bits per heavy atom. The first-order valence-corrected chi connectivity index (χ1v) is 3.62. The normalized spacial score (nSPS) is 10.0. The zero-order chi connectivity index (χ0) is 6.78. The quantitative estimate of drug-likeness (QED) is 0.263. The molecule has 0 saturated carbocycles. The molecule has 0 rings (SSSR count). The van der Waals surface area contributed by atoms with Gasteiger partial charge in [-0.1, -0.05) is 6.58 Å². The SMILES string of the molecule is C=C(CCl)S(=O)(=O)[O-].[Na+]. The first kappa shape index (κ1) is 12.6. The summed E-state index contributed by atoms with van der Waals surface area (Å²) < 4.78 is 29.5. The number of hydrogen-bond acceptors (Lipinski definition) is 3. The molecule has 0 radical (unpaired) electrons. The van der Waals surface area contributed by atoms with Crippen molar-refractivity contribution >= 4 is 21.7 Å². The van der Waals surface area contributed by atoms with Gasteiger partial charge in [-0.05, 0) is 0 Å². The Balaban J connectivity index is 0. The van der Waals surface area contributed by atoms with E-state index in [0.29, 0.717) is 0 Å². The van der Waals surface area contributed by atoms with E-state index in [-0.39, 0.29) is 35.4 Å². The molecule has 0 unspecified atom stereocenters. The largest absolute Gasteiger partial charge is 1.00 e. The Kier molecular flexibility index (Phi) is 6.59. The van der Waals surface area contributed by atoms with Gasteiger partial charge in [0.05, 0.1) is 5.88 Å². The summed E-state index contributed by atoms with van der Waals surface area (Å²) in [6.45, 7) is 2.91. The average Bonchev–Trinajstić information content (AvgIpc) is 1.62. The fourth-order valence-electron chi connectivity index (χ4n) is 0.0668. The Morgan fingerprint density at radius 1 is 1.67 bits per heavy atom. The number of allylic oxidation sites excluding steroid dienone is 1. The summed E-state index contributed by atoms with van der Waals surface area (Å²) in [6, 6.07) is 0. The van der Waals surface area contributed by atoms with Crippen molar-refractivity contribution in [3.8, 4) is 0 Å². The molecule has 9 heavy (non-hydrogen) atoms. The summed E-state index contributed by atoms with van der Waals surface area (Å²) in [7, 11) is -4.33. The second-order valence-electron chi connectivity index (χ2n) is 1.13. The molecule has 0 aliphatic rings. The molecule has 0 atom stereocenters. The van der Waals surface area contributed by atoms with E-state index < -0.39 is 15.0 Å². The number of alkyl halides is 1. The standard InChI is InChI=1S/C3H5ClO3S.Na/c1-3(2-4)8(5,6)7;/h1-2H2,(H,5,6,7);/q;+1/p-1. The minimum absolute atomic E-state index is 0. The van der Waals surface area contributed by atoms with E-state index in [1.165, 1.54) is 0 Å². The molecular weight excluding hydrogens is 175 g/mol. The molecule has 6 heteroatoms. The van der Waals surface area contributed by atoms with Crippen LogP contribution in [0.1, 0.15) is 0 Å². The molecule has 3 nitrogen and oxygen atoms in total. The van der Waals surface area contributed by atoms with Crippen LogP contribution >= 0.6 is 11.6 Å². The van der Waals surface area contributed by atoms with Crippen LogP contribution in [-0.4, -0.2) is 18.9 Å². The zero-order valence-electron chi connectivity index (χ0n) is 4.93. The van der Waals surface area contributed by atoms with Crippen molar-refractivity contribution in [1.82, 2.24) is 0 Å². The van der Waals surface area contributed by atoms with Crippen LogP contribution in [0.3, 0.4) is 0 Å². The topological polar surface area (TPSA) is 57.2 Å². The second-order valence-corrected chi connectivity index (χ2v) is 2.88. The maximum atomic E-state index is 9.82. The molecule has 0 aromatic heterocycles. The fraction of sp³-hybridized carbons (Fsp3) is 0.333. The number of halogens is 1. The molecule has 0 saturated heterocycles. The summed E-state index contributed by atoms with van der Waals surface area (Å²) in [5.41, 5.74) is 0. The van der Waals surface area contributed by atoms with Crippen molar-refractivity contribution in [2.24, 2.45) is 0 Å². The Morgan fingerprint density at radius 3 is 2.00 bits per heavy atom. The summed E-state index contributed by atoms with van der Waals surface area (Å²) in [5, 5.41) is 0. The van der Waals surface area contributed by atoms with Gasteiger partial charge in [-0.25, -0.2) is 8.42 Å². The van der Waals surface area contributed by atoms with E-state index >= 15 is 0 Å². The maximum absolute atomic E-state index is 9.82. The summed E-state index contributed by atoms with van der Waals surface area (Å²) in [4.78, 5) is -0.487. The average molecular weight is 179 g/mol. The molecule has 48 valence electrons. The van der Waals surface area contributed by atoms with E-state index in [2.05, 4.69) is 6.58 Å². The first-order valence-electron chi connectivity index (χ1n) is 1.68. The van der Waals surface area contributed by atoms with Gasteiger partial charge < -0.3 is 4.55 Å². The van der Waals surface area contributed by atoms with Gasteiger partial charge in [0.15, 0.2) is 0 Å². The molecule has 0 aromatic carbocycles. The van der Waals surface area contributed by atoms with E-state index in [4.69, 9.17) is 11.6 Å². The van der Waals surface area contributed by atoms with E-state index in [9.17, 15) is 13.0 Å². The van der Waals surface area contributed by atoms with E-state index in [1.54, 1.807) is 0 Å². The van der Waals surface area contributed by atoms with Crippen LogP contribution in [0.25, 0.3) is 0 Å². The zero-order valence-corrected chi connectivity index (χ0v) is 8.50. The molecule has 0 aromatic rings. The van der Waals surface area contributed by atoms with Crippen molar-refractivity contribution in [3.05, 3.63) is 11.5 Å². The van der Waals surface area contributed by atoms with Crippen LogP contribution in [0.5, 0.6) is 0 Å². The molecule has 0 heterocycles. The van der Waals surface area contributed by atoms with Crippen molar-refractivity contribution in [3.63, 3.8) is 0 Å².